The van der Waals surface area contributed by atoms with E-state index in [0.29, 0.717) is 19.3 Å². The van der Waals surface area contributed by atoms with E-state index in [4.69, 9.17) is 9.15 Å². The Kier molecular flexibility index (Phi) is 7.60. The van der Waals surface area contributed by atoms with E-state index >= 15 is 0 Å². The van der Waals surface area contributed by atoms with Crippen molar-refractivity contribution >= 4 is 34.0 Å². The highest BCUT2D eigenvalue weighted by Gasteiger charge is 2.23. The number of carboxylic acid groups (broad SMARTS) is 1. The maximum Gasteiger partial charge on any atom is 0.408 e. The first-order valence-corrected chi connectivity index (χ1v) is 13.5. The van der Waals surface area contributed by atoms with Crippen LogP contribution >= 0.6 is 0 Å². The van der Waals surface area contributed by atoms with Crippen LogP contribution in [-0.2, 0) is 16.0 Å². The zero-order chi connectivity index (χ0) is 28.3. The molecule has 0 fully saturated rings. The summed E-state index contributed by atoms with van der Waals surface area (Å²) in [6.07, 6.45) is 0.867. The quantitative estimate of drug-likeness (QED) is 0.209. The molecule has 0 aliphatic rings. The molecule has 1 atom stereocenters. The largest absolute Gasteiger partial charge is 0.480 e. The van der Waals surface area contributed by atoms with Crippen LogP contribution in [0.3, 0.4) is 0 Å². The van der Waals surface area contributed by atoms with Crippen LogP contribution in [0.15, 0.2) is 95.4 Å². The summed E-state index contributed by atoms with van der Waals surface area (Å²) in [6.45, 7) is 5.22. The molecule has 5 rings (SSSR count). The molecule has 0 saturated heterocycles. The van der Waals surface area contributed by atoms with Gasteiger partial charge < -0.3 is 19.6 Å². The number of alkyl carbamates (subject to hydrolysis) is 1. The number of carboxylic acids is 1. The second kappa shape index (κ2) is 11.3. The molecule has 1 aromatic heterocycles. The highest BCUT2D eigenvalue weighted by molar-refractivity contribution is 6.09. The van der Waals surface area contributed by atoms with Crippen molar-refractivity contribution in [3.05, 3.63) is 96.6 Å². The number of amides is 1. The van der Waals surface area contributed by atoms with Gasteiger partial charge in [0.05, 0.1) is 0 Å². The highest BCUT2D eigenvalue weighted by Crippen LogP contribution is 2.36. The minimum atomic E-state index is -1.07. The number of para-hydroxylation sites is 2. The smallest absolute Gasteiger partial charge is 0.408 e. The van der Waals surface area contributed by atoms with Crippen LogP contribution in [0.25, 0.3) is 44.2 Å². The number of furan rings is 1. The zero-order valence-electron chi connectivity index (χ0n) is 22.9. The minimum absolute atomic E-state index is 0.301. The van der Waals surface area contributed by atoms with Gasteiger partial charge in [0.1, 0.15) is 22.8 Å². The Labute approximate surface area is 233 Å². The molecular formula is C34H33NO5. The summed E-state index contributed by atoms with van der Waals surface area (Å²) in [6, 6.07) is 30.0. The summed E-state index contributed by atoms with van der Waals surface area (Å²) in [7, 11) is 0. The standard InChI is InChI=1S/C34H33NO5/c1-34(2,3)40-33(38)35-29(32(36)37)18-7-11-22-10-6-12-23(20-22)24-13-8-14-25(21-24)26-16-9-17-28-27-15-4-5-19-30(27)39-31(26)28/h4-6,8-10,12-17,19-21,29H,7,11,18H2,1-3H3,(H,35,38)(H,36,37)/t29-/m0/s1. The van der Waals surface area contributed by atoms with Gasteiger partial charge in [-0.3, -0.25) is 0 Å². The fourth-order valence-electron chi connectivity index (χ4n) is 4.96. The van der Waals surface area contributed by atoms with Crippen LogP contribution in [0.5, 0.6) is 0 Å². The van der Waals surface area contributed by atoms with Crippen molar-refractivity contribution in [1.29, 1.82) is 0 Å². The predicted octanol–water partition coefficient (Wildman–Crippen LogP) is 8.22. The topological polar surface area (TPSA) is 88.8 Å². The van der Waals surface area contributed by atoms with Gasteiger partial charge in [-0.25, -0.2) is 9.59 Å². The van der Waals surface area contributed by atoms with Crippen molar-refractivity contribution in [2.24, 2.45) is 0 Å². The van der Waals surface area contributed by atoms with E-state index in [2.05, 4.69) is 66.0 Å². The Morgan fingerprint density at radius 2 is 1.52 bits per heavy atom. The predicted molar refractivity (Wildman–Crippen MR) is 158 cm³/mol. The van der Waals surface area contributed by atoms with Gasteiger partial charge in [0.25, 0.3) is 0 Å². The average molecular weight is 536 g/mol. The number of benzene rings is 4. The van der Waals surface area contributed by atoms with E-state index in [1.54, 1.807) is 20.8 Å². The monoisotopic (exact) mass is 535 g/mol. The number of rotatable bonds is 8. The summed E-state index contributed by atoms with van der Waals surface area (Å²) < 4.78 is 11.5. The molecule has 0 spiro atoms. The average Bonchev–Trinajstić information content (AvgIpc) is 3.31. The lowest BCUT2D eigenvalue weighted by Crippen LogP contribution is -2.43. The van der Waals surface area contributed by atoms with E-state index in [1.807, 2.05) is 30.3 Å². The van der Waals surface area contributed by atoms with Gasteiger partial charge in [-0.15, -0.1) is 0 Å². The first kappa shape index (κ1) is 27.0. The van der Waals surface area contributed by atoms with Crippen molar-refractivity contribution < 1.29 is 23.8 Å². The zero-order valence-corrected chi connectivity index (χ0v) is 22.9. The third-order valence-electron chi connectivity index (χ3n) is 6.79. The summed E-state index contributed by atoms with van der Waals surface area (Å²) in [5.74, 6) is -1.07. The van der Waals surface area contributed by atoms with Crippen LogP contribution < -0.4 is 5.32 Å². The van der Waals surface area contributed by atoms with Crippen molar-refractivity contribution in [1.82, 2.24) is 5.32 Å². The van der Waals surface area contributed by atoms with Crippen molar-refractivity contribution in [2.45, 2.75) is 51.7 Å². The van der Waals surface area contributed by atoms with Crippen LogP contribution in [0.2, 0.25) is 0 Å². The van der Waals surface area contributed by atoms with Crippen molar-refractivity contribution in [3.63, 3.8) is 0 Å². The van der Waals surface area contributed by atoms with Gasteiger partial charge in [0.15, 0.2) is 0 Å². The summed E-state index contributed by atoms with van der Waals surface area (Å²) in [5.41, 5.74) is 6.45. The first-order chi connectivity index (χ1) is 19.2. The second-order valence-electron chi connectivity index (χ2n) is 11.0. The maximum absolute atomic E-state index is 12.1. The molecule has 0 radical (unpaired) electrons. The number of fused-ring (bicyclic) bond motifs is 3. The number of ether oxygens (including phenoxy) is 1. The Hall–Kier alpha value is -4.58. The molecule has 6 nitrogen and oxygen atoms in total. The Balaban J connectivity index is 1.31. The third kappa shape index (κ3) is 6.18. The SMILES string of the molecule is CC(C)(C)OC(=O)N[C@@H](CCCc1cccc(-c2cccc(-c3cccc4c3oc3ccccc34)c2)c1)C(=O)O. The van der Waals surface area contributed by atoms with Crippen LogP contribution in [-0.4, -0.2) is 28.8 Å². The molecule has 5 aromatic rings. The fraction of sp³-hybridized carbons (Fsp3) is 0.235. The van der Waals surface area contributed by atoms with Crippen LogP contribution in [0.1, 0.15) is 39.2 Å². The van der Waals surface area contributed by atoms with E-state index in [0.717, 1.165) is 49.8 Å². The summed E-state index contributed by atoms with van der Waals surface area (Å²) in [5, 5.41) is 14.2. The van der Waals surface area contributed by atoms with E-state index in [-0.39, 0.29) is 0 Å². The summed E-state index contributed by atoms with van der Waals surface area (Å²) >= 11 is 0. The maximum atomic E-state index is 12.1. The van der Waals surface area contributed by atoms with Gasteiger partial charge in [-0.2, -0.15) is 0 Å². The molecule has 1 amide bonds. The molecule has 0 bridgehead atoms. The number of hydrogen-bond donors (Lipinski definition) is 2. The highest BCUT2D eigenvalue weighted by atomic mass is 16.6. The first-order valence-electron chi connectivity index (χ1n) is 13.5. The number of carbonyl (C=O) groups excluding carboxylic acids is 1. The lowest BCUT2D eigenvalue weighted by atomic mass is 9.96. The van der Waals surface area contributed by atoms with Crippen molar-refractivity contribution in [3.8, 4) is 22.3 Å². The van der Waals surface area contributed by atoms with E-state index in [9.17, 15) is 14.7 Å². The number of hydrogen-bond acceptors (Lipinski definition) is 4. The lowest BCUT2D eigenvalue weighted by molar-refractivity contribution is -0.139. The summed E-state index contributed by atoms with van der Waals surface area (Å²) in [4.78, 5) is 23.7. The lowest BCUT2D eigenvalue weighted by Gasteiger charge is -2.22. The minimum Gasteiger partial charge on any atom is -0.480 e. The van der Waals surface area contributed by atoms with Gasteiger partial charge in [0, 0.05) is 16.3 Å². The molecule has 0 unspecified atom stereocenters. The second-order valence-corrected chi connectivity index (χ2v) is 11.0. The van der Waals surface area contributed by atoms with E-state index in [1.165, 1.54) is 0 Å². The number of aryl methyl sites for hydroxylation is 1. The molecule has 0 saturated carbocycles. The Bertz CT molecular complexity index is 1680. The van der Waals surface area contributed by atoms with Crippen LogP contribution in [0.4, 0.5) is 4.79 Å². The normalized spacial score (nSPS) is 12.4. The fourth-order valence-corrected chi connectivity index (χ4v) is 4.96. The van der Waals surface area contributed by atoms with Gasteiger partial charge >= 0.3 is 12.1 Å². The Morgan fingerprint density at radius 1 is 0.850 bits per heavy atom. The molecule has 0 aliphatic heterocycles. The van der Waals surface area contributed by atoms with Crippen LogP contribution in [0, 0.1) is 0 Å². The molecule has 4 aromatic carbocycles. The molecule has 0 aliphatic carbocycles. The van der Waals surface area contributed by atoms with Gasteiger partial charge in [-0.1, -0.05) is 78.9 Å². The van der Waals surface area contributed by atoms with Gasteiger partial charge in [-0.05, 0) is 74.4 Å². The number of aliphatic carboxylic acids is 1. The number of carbonyl (C=O) groups is 2. The van der Waals surface area contributed by atoms with E-state index < -0.39 is 23.7 Å². The molecule has 6 heteroatoms. The number of nitrogens with one attached hydrogen (secondary N) is 1. The molecular weight excluding hydrogens is 502 g/mol. The van der Waals surface area contributed by atoms with Crippen molar-refractivity contribution in [2.75, 3.05) is 0 Å². The molecule has 204 valence electrons. The molecule has 40 heavy (non-hydrogen) atoms. The third-order valence-corrected chi connectivity index (χ3v) is 6.79. The molecule has 1 heterocycles. The molecule has 2 N–H and O–H groups in total. The van der Waals surface area contributed by atoms with Gasteiger partial charge in [0.2, 0.25) is 0 Å². The Morgan fingerprint density at radius 3 is 2.30 bits per heavy atom.